The molecule has 192 valence electrons. The summed E-state index contributed by atoms with van der Waals surface area (Å²) in [5, 5.41) is 3.21. The predicted molar refractivity (Wildman–Crippen MR) is 143 cm³/mol. The number of nitrogens with zero attached hydrogens (tertiary/aromatic N) is 1. The van der Waals surface area contributed by atoms with Gasteiger partial charge in [-0.05, 0) is 75.2 Å². The molecular formula is C27H31ClN2O5S. The second-order valence-electron chi connectivity index (χ2n) is 8.64. The summed E-state index contributed by atoms with van der Waals surface area (Å²) in [6, 6.07) is 16.9. The van der Waals surface area contributed by atoms with Crippen LogP contribution in [0.2, 0.25) is 5.02 Å². The van der Waals surface area contributed by atoms with Crippen LogP contribution in [-0.4, -0.2) is 34.1 Å². The van der Waals surface area contributed by atoms with Gasteiger partial charge < -0.3 is 14.8 Å². The Morgan fingerprint density at radius 2 is 1.72 bits per heavy atom. The fourth-order valence-electron chi connectivity index (χ4n) is 3.56. The lowest BCUT2D eigenvalue weighted by molar-refractivity contribution is -0.119. The third kappa shape index (κ3) is 6.50. The zero-order valence-corrected chi connectivity index (χ0v) is 22.6. The fourth-order valence-corrected chi connectivity index (χ4v) is 5.21. The van der Waals surface area contributed by atoms with Gasteiger partial charge in [0.15, 0.2) is 11.5 Å². The first-order valence-corrected chi connectivity index (χ1v) is 13.3. The van der Waals surface area contributed by atoms with Crippen molar-refractivity contribution in [3.8, 4) is 11.5 Å². The SMILES string of the molecule is COc1cc(CNC(=O)CN(c2cccc(Cl)c2C)S(=O)(=O)c2ccc(C)cc2)ccc1OC(C)C. The van der Waals surface area contributed by atoms with Gasteiger partial charge in [0.1, 0.15) is 6.54 Å². The molecule has 7 nitrogen and oxygen atoms in total. The van der Waals surface area contributed by atoms with E-state index < -0.39 is 22.5 Å². The number of benzene rings is 3. The van der Waals surface area contributed by atoms with Crippen LogP contribution in [0, 0.1) is 13.8 Å². The highest BCUT2D eigenvalue weighted by molar-refractivity contribution is 7.92. The molecule has 36 heavy (non-hydrogen) atoms. The molecule has 0 saturated heterocycles. The van der Waals surface area contributed by atoms with Gasteiger partial charge in [-0.2, -0.15) is 0 Å². The molecular weight excluding hydrogens is 500 g/mol. The molecule has 0 saturated carbocycles. The highest BCUT2D eigenvalue weighted by Crippen LogP contribution is 2.31. The Morgan fingerprint density at radius 3 is 2.36 bits per heavy atom. The van der Waals surface area contributed by atoms with Gasteiger partial charge in [0.25, 0.3) is 10.0 Å². The summed E-state index contributed by atoms with van der Waals surface area (Å²) in [6.45, 7) is 7.21. The van der Waals surface area contributed by atoms with Crippen molar-refractivity contribution in [3.05, 3.63) is 82.4 Å². The maximum Gasteiger partial charge on any atom is 0.264 e. The minimum Gasteiger partial charge on any atom is -0.493 e. The summed E-state index contributed by atoms with van der Waals surface area (Å²) >= 11 is 6.28. The van der Waals surface area contributed by atoms with Crippen LogP contribution in [0.4, 0.5) is 5.69 Å². The molecule has 1 N–H and O–H groups in total. The number of aryl methyl sites for hydroxylation is 1. The highest BCUT2D eigenvalue weighted by Gasteiger charge is 2.28. The van der Waals surface area contributed by atoms with Crippen molar-refractivity contribution >= 4 is 33.2 Å². The Kier molecular flexibility index (Phi) is 8.87. The molecule has 0 bridgehead atoms. The molecule has 3 aromatic rings. The number of sulfonamides is 1. The van der Waals surface area contributed by atoms with E-state index in [4.69, 9.17) is 21.1 Å². The Labute approximate surface area is 218 Å². The molecule has 0 atom stereocenters. The van der Waals surface area contributed by atoms with Gasteiger partial charge in [-0.1, -0.05) is 41.4 Å². The molecule has 3 rings (SSSR count). The van der Waals surface area contributed by atoms with Gasteiger partial charge in [0.2, 0.25) is 5.91 Å². The van der Waals surface area contributed by atoms with E-state index in [1.807, 2.05) is 26.8 Å². The third-order valence-electron chi connectivity index (χ3n) is 5.48. The Morgan fingerprint density at radius 1 is 1.03 bits per heavy atom. The number of hydrogen-bond acceptors (Lipinski definition) is 5. The van der Waals surface area contributed by atoms with Gasteiger partial charge in [0, 0.05) is 11.6 Å². The monoisotopic (exact) mass is 530 g/mol. The summed E-state index contributed by atoms with van der Waals surface area (Å²) in [7, 11) is -2.49. The van der Waals surface area contributed by atoms with E-state index in [2.05, 4.69) is 5.32 Å². The van der Waals surface area contributed by atoms with Crippen LogP contribution in [0.5, 0.6) is 11.5 Å². The van der Waals surface area contributed by atoms with Crippen molar-refractivity contribution in [2.45, 2.75) is 45.2 Å². The second kappa shape index (κ2) is 11.7. The van der Waals surface area contributed by atoms with Crippen LogP contribution in [0.15, 0.2) is 65.6 Å². The van der Waals surface area contributed by atoms with E-state index in [-0.39, 0.29) is 17.5 Å². The van der Waals surface area contributed by atoms with E-state index in [9.17, 15) is 13.2 Å². The van der Waals surface area contributed by atoms with Crippen molar-refractivity contribution in [2.24, 2.45) is 0 Å². The maximum atomic E-state index is 13.6. The summed E-state index contributed by atoms with van der Waals surface area (Å²) in [5.74, 6) is 0.689. The largest absolute Gasteiger partial charge is 0.493 e. The molecule has 0 aliphatic carbocycles. The normalized spacial score (nSPS) is 11.3. The van der Waals surface area contributed by atoms with Crippen LogP contribution >= 0.6 is 11.6 Å². The number of methoxy groups -OCH3 is 1. The first kappa shape index (κ1) is 27.4. The number of anilines is 1. The number of carbonyl (C=O) groups excluding carboxylic acids is 1. The van der Waals surface area contributed by atoms with E-state index in [1.54, 1.807) is 56.5 Å². The molecule has 0 aliphatic rings. The van der Waals surface area contributed by atoms with Crippen LogP contribution in [0.25, 0.3) is 0 Å². The van der Waals surface area contributed by atoms with Crippen LogP contribution < -0.4 is 19.1 Å². The molecule has 0 unspecified atom stereocenters. The predicted octanol–water partition coefficient (Wildman–Crippen LogP) is 5.26. The smallest absolute Gasteiger partial charge is 0.264 e. The second-order valence-corrected chi connectivity index (χ2v) is 10.9. The van der Waals surface area contributed by atoms with Crippen molar-refractivity contribution in [1.29, 1.82) is 0 Å². The average molecular weight is 531 g/mol. The minimum absolute atomic E-state index is 0.0131. The van der Waals surface area contributed by atoms with Gasteiger partial charge in [-0.15, -0.1) is 0 Å². The molecule has 0 spiro atoms. The number of amides is 1. The summed E-state index contributed by atoms with van der Waals surface area (Å²) in [5.41, 5.74) is 2.61. The Bertz CT molecular complexity index is 1320. The standard InChI is InChI=1S/C27H31ClN2O5S/c1-18(2)35-25-14-11-21(15-26(25)34-5)16-29-27(31)17-30(24-8-6-7-23(28)20(24)4)36(32,33)22-12-9-19(3)10-13-22/h6-15,18H,16-17H2,1-5H3,(H,29,31). The summed E-state index contributed by atoms with van der Waals surface area (Å²) in [6.07, 6.45) is -0.0131. The van der Waals surface area contributed by atoms with E-state index in [0.29, 0.717) is 27.8 Å². The lowest BCUT2D eigenvalue weighted by atomic mass is 10.2. The molecule has 0 heterocycles. The summed E-state index contributed by atoms with van der Waals surface area (Å²) in [4.78, 5) is 13.1. The summed E-state index contributed by atoms with van der Waals surface area (Å²) < 4.78 is 39.4. The van der Waals surface area contributed by atoms with E-state index >= 15 is 0 Å². The van der Waals surface area contributed by atoms with Crippen molar-refractivity contribution in [2.75, 3.05) is 18.0 Å². The molecule has 9 heteroatoms. The lowest BCUT2D eigenvalue weighted by Gasteiger charge is -2.26. The number of halogens is 1. The Balaban J connectivity index is 1.85. The van der Waals surface area contributed by atoms with Crippen LogP contribution in [0.1, 0.15) is 30.5 Å². The molecule has 0 radical (unpaired) electrons. The zero-order chi connectivity index (χ0) is 26.5. The molecule has 0 aromatic heterocycles. The molecule has 3 aromatic carbocycles. The number of rotatable bonds is 10. The number of hydrogen-bond donors (Lipinski definition) is 1. The third-order valence-corrected chi connectivity index (χ3v) is 7.67. The van der Waals surface area contributed by atoms with Crippen molar-refractivity contribution in [1.82, 2.24) is 5.32 Å². The number of carbonyl (C=O) groups is 1. The topological polar surface area (TPSA) is 84.9 Å². The molecule has 1 amide bonds. The minimum atomic E-state index is -4.04. The van der Waals surface area contributed by atoms with Gasteiger partial charge in [-0.25, -0.2) is 8.42 Å². The van der Waals surface area contributed by atoms with Gasteiger partial charge in [0.05, 0.1) is 23.8 Å². The Hall–Kier alpha value is -3.23. The first-order chi connectivity index (χ1) is 17.0. The van der Waals surface area contributed by atoms with E-state index in [0.717, 1.165) is 15.4 Å². The molecule has 0 aliphatic heterocycles. The first-order valence-electron chi connectivity index (χ1n) is 11.5. The molecule has 0 fully saturated rings. The number of ether oxygens (including phenoxy) is 2. The number of nitrogens with one attached hydrogen (secondary N) is 1. The average Bonchev–Trinajstić information content (AvgIpc) is 2.83. The quantitative estimate of drug-likeness (QED) is 0.386. The van der Waals surface area contributed by atoms with E-state index in [1.165, 1.54) is 12.1 Å². The van der Waals surface area contributed by atoms with Crippen LogP contribution in [-0.2, 0) is 21.4 Å². The van der Waals surface area contributed by atoms with Gasteiger partial charge >= 0.3 is 0 Å². The highest BCUT2D eigenvalue weighted by atomic mass is 35.5. The maximum absolute atomic E-state index is 13.6. The van der Waals surface area contributed by atoms with Crippen molar-refractivity contribution in [3.63, 3.8) is 0 Å². The zero-order valence-electron chi connectivity index (χ0n) is 21.0. The van der Waals surface area contributed by atoms with Crippen molar-refractivity contribution < 1.29 is 22.7 Å². The lowest BCUT2D eigenvalue weighted by Crippen LogP contribution is -2.41. The van der Waals surface area contributed by atoms with Gasteiger partial charge in [-0.3, -0.25) is 9.10 Å². The fraction of sp³-hybridized carbons (Fsp3) is 0.296. The van der Waals surface area contributed by atoms with Crippen LogP contribution in [0.3, 0.4) is 0 Å².